The first-order chi connectivity index (χ1) is 15.6. The number of hydrogen-bond acceptors (Lipinski definition) is 7. The van der Waals surface area contributed by atoms with Crippen molar-refractivity contribution in [1.29, 1.82) is 0 Å². The summed E-state index contributed by atoms with van der Waals surface area (Å²) in [5.41, 5.74) is 2.00. The first kappa shape index (κ1) is 19.5. The molecule has 0 amide bonds. The first-order valence-electron chi connectivity index (χ1n) is 9.76. The van der Waals surface area contributed by atoms with Crippen LogP contribution in [0.4, 0.5) is 10.1 Å². The summed E-state index contributed by atoms with van der Waals surface area (Å²) in [6, 6.07) is 16.0. The normalized spacial score (nSPS) is 14.5. The minimum Gasteiger partial charge on any atom is -0.292 e. The molecule has 0 aliphatic heterocycles. The number of nitrogens with zero attached hydrogens (tertiary/aromatic N) is 5. The number of aliphatic imine (C=N–C) groups is 1. The lowest BCUT2D eigenvalue weighted by molar-refractivity contribution is 0.0957. The van der Waals surface area contributed by atoms with Crippen LogP contribution in [0.5, 0.6) is 0 Å². The number of carbonyl (C=O) groups is 2. The number of pyridine rings is 2. The van der Waals surface area contributed by atoms with Crippen LogP contribution >= 0.6 is 0 Å². The van der Waals surface area contributed by atoms with E-state index in [1.165, 1.54) is 24.3 Å². The molecule has 5 rings (SSSR count). The van der Waals surface area contributed by atoms with Crippen LogP contribution in [0.2, 0.25) is 0 Å². The molecule has 0 saturated heterocycles. The maximum atomic E-state index is 13.2. The van der Waals surface area contributed by atoms with E-state index in [1.807, 2.05) is 0 Å². The summed E-state index contributed by atoms with van der Waals surface area (Å²) in [5, 5.41) is 0. The Labute approximate surface area is 181 Å². The summed E-state index contributed by atoms with van der Waals surface area (Å²) in [4.78, 5) is 48.0. The lowest BCUT2D eigenvalue weighted by atomic mass is 9.94. The molecule has 0 unspecified atom stereocenters. The first-order valence-corrected chi connectivity index (χ1v) is 9.76. The Morgan fingerprint density at radius 2 is 1.31 bits per heavy atom. The second kappa shape index (κ2) is 7.99. The molecule has 0 saturated carbocycles. The molecule has 3 heterocycles. The van der Waals surface area contributed by atoms with Gasteiger partial charge in [0.15, 0.2) is 5.78 Å². The van der Waals surface area contributed by atoms with Gasteiger partial charge in [-0.05, 0) is 48.5 Å². The van der Waals surface area contributed by atoms with Gasteiger partial charge in [-0.3, -0.25) is 19.6 Å². The SMILES string of the molecule is O=C1CC(=Nc2ccc(F)cc2)C(=O)c2nc(-c3ccccn3)c(-c3ccccn3)nc21. The van der Waals surface area contributed by atoms with Crippen molar-refractivity contribution in [1.82, 2.24) is 19.9 Å². The van der Waals surface area contributed by atoms with Gasteiger partial charge in [-0.15, -0.1) is 0 Å². The van der Waals surface area contributed by atoms with Crippen LogP contribution in [-0.2, 0) is 0 Å². The van der Waals surface area contributed by atoms with E-state index in [0.717, 1.165) is 0 Å². The fourth-order valence-electron chi connectivity index (χ4n) is 3.37. The Bertz CT molecular complexity index is 1370. The summed E-state index contributed by atoms with van der Waals surface area (Å²) >= 11 is 0. The highest BCUT2D eigenvalue weighted by Crippen LogP contribution is 2.30. The van der Waals surface area contributed by atoms with Crippen molar-refractivity contribution >= 4 is 23.0 Å². The van der Waals surface area contributed by atoms with Gasteiger partial charge in [0, 0.05) is 12.4 Å². The highest BCUT2D eigenvalue weighted by atomic mass is 19.1. The van der Waals surface area contributed by atoms with E-state index in [1.54, 1.807) is 48.8 Å². The Kier molecular flexibility index (Phi) is 4.87. The third kappa shape index (κ3) is 3.58. The molecule has 1 aromatic carbocycles. The fourth-order valence-corrected chi connectivity index (χ4v) is 3.37. The quantitative estimate of drug-likeness (QED) is 0.488. The summed E-state index contributed by atoms with van der Waals surface area (Å²) < 4.78 is 13.2. The maximum Gasteiger partial charge on any atom is 0.228 e. The van der Waals surface area contributed by atoms with Crippen molar-refractivity contribution in [2.24, 2.45) is 4.99 Å². The minimum absolute atomic E-state index is 0.0200. The van der Waals surface area contributed by atoms with Crippen LogP contribution in [0.3, 0.4) is 0 Å². The van der Waals surface area contributed by atoms with E-state index >= 15 is 0 Å². The Morgan fingerprint density at radius 1 is 0.719 bits per heavy atom. The predicted octanol–water partition coefficient (Wildman–Crippen LogP) is 4.28. The zero-order chi connectivity index (χ0) is 22.1. The zero-order valence-corrected chi connectivity index (χ0v) is 16.6. The maximum absolute atomic E-state index is 13.2. The van der Waals surface area contributed by atoms with Crippen molar-refractivity contribution < 1.29 is 14.0 Å². The number of halogens is 1. The lowest BCUT2D eigenvalue weighted by Crippen LogP contribution is -2.30. The molecule has 1 aliphatic carbocycles. The highest BCUT2D eigenvalue weighted by molar-refractivity contribution is 6.52. The molecule has 0 spiro atoms. The van der Waals surface area contributed by atoms with Crippen LogP contribution in [0.25, 0.3) is 22.8 Å². The zero-order valence-electron chi connectivity index (χ0n) is 16.6. The van der Waals surface area contributed by atoms with Crippen molar-refractivity contribution in [2.45, 2.75) is 6.42 Å². The van der Waals surface area contributed by atoms with Gasteiger partial charge in [0.2, 0.25) is 5.78 Å². The van der Waals surface area contributed by atoms with Crippen LogP contribution in [0.1, 0.15) is 27.4 Å². The van der Waals surface area contributed by atoms with Gasteiger partial charge in [0.05, 0.1) is 29.2 Å². The second-order valence-electron chi connectivity index (χ2n) is 7.01. The Hall–Kier alpha value is -4.46. The number of ketones is 2. The van der Waals surface area contributed by atoms with Crippen LogP contribution in [0.15, 0.2) is 78.0 Å². The third-order valence-electron chi connectivity index (χ3n) is 4.87. The predicted molar refractivity (Wildman–Crippen MR) is 115 cm³/mol. The average Bonchev–Trinajstić information content (AvgIpc) is 2.84. The smallest absolute Gasteiger partial charge is 0.228 e. The minimum atomic E-state index is -0.499. The van der Waals surface area contributed by atoms with E-state index in [-0.39, 0.29) is 29.3 Å². The number of Topliss-reactive ketones (excluding diaryl/α,β-unsaturated/α-hetero) is 2. The van der Waals surface area contributed by atoms with E-state index < -0.39 is 11.6 Å². The number of aromatic nitrogens is 4. The molecule has 0 fully saturated rings. The number of rotatable bonds is 3. The number of carbonyl (C=O) groups excluding carboxylic acids is 2. The van der Waals surface area contributed by atoms with Crippen molar-refractivity contribution in [2.75, 3.05) is 0 Å². The molecule has 154 valence electrons. The van der Waals surface area contributed by atoms with E-state index in [4.69, 9.17) is 0 Å². The molecule has 32 heavy (non-hydrogen) atoms. The number of hydrogen-bond donors (Lipinski definition) is 0. The van der Waals surface area contributed by atoms with E-state index in [0.29, 0.717) is 28.5 Å². The Morgan fingerprint density at radius 3 is 1.88 bits per heavy atom. The average molecular weight is 423 g/mol. The molecule has 7 nitrogen and oxygen atoms in total. The molecular formula is C24H14FN5O2. The summed E-state index contributed by atoms with van der Waals surface area (Å²) in [5.74, 6) is -1.29. The largest absolute Gasteiger partial charge is 0.292 e. The standard InChI is InChI=1S/C24H14FN5O2/c25-14-7-9-15(10-8-14)28-18-13-19(31)22-23(24(18)32)30-21(17-6-2-4-12-27-17)20(29-22)16-5-1-3-11-26-16/h1-12H,13H2. The van der Waals surface area contributed by atoms with Gasteiger partial charge >= 0.3 is 0 Å². The van der Waals surface area contributed by atoms with Crippen LogP contribution in [0, 0.1) is 5.82 Å². The summed E-state index contributed by atoms with van der Waals surface area (Å²) in [6.45, 7) is 0. The van der Waals surface area contributed by atoms with Crippen molar-refractivity contribution in [3.63, 3.8) is 0 Å². The number of fused-ring (bicyclic) bond motifs is 1. The number of benzene rings is 1. The van der Waals surface area contributed by atoms with Gasteiger partial charge in [0.25, 0.3) is 0 Å². The van der Waals surface area contributed by atoms with Gasteiger partial charge in [-0.2, -0.15) is 0 Å². The Balaban J connectivity index is 1.68. The van der Waals surface area contributed by atoms with Crippen LogP contribution in [-0.4, -0.2) is 37.2 Å². The monoisotopic (exact) mass is 423 g/mol. The van der Waals surface area contributed by atoms with Crippen LogP contribution < -0.4 is 0 Å². The van der Waals surface area contributed by atoms with Gasteiger partial charge in [-0.1, -0.05) is 12.1 Å². The van der Waals surface area contributed by atoms with Gasteiger partial charge in [-0.25, -0.2) is 19.4 Å². The molecule has 1 aliphatic rings. The molecule has 8 heteroatoms. The summed E-state index contributed by atoms with van der Waals surface area (Å²) in [7, 11) is 0. The van der Waals surface area contributed by atoms with E-state index in [9.17, 15) is 14.0 Å². The third-order valence-corrected chi connectivity index (χ3v) is 4.87. The molecule has 0 N–H and O–H groups in total. The second-order valence-corrected chi connectivity index (χ2v) is 7.01. The van der Waals surface area contributed by atoms with Crippen molar-refractivity contribution in [3.8, 4) is 22.8 Å². The lowest BCUT2D eigenvalue weighted by Gasteiger charge is -2.17. The van der Waals surface area contributed by atoms with Crippen molar-refractivity contribution in [3.05, 3.63) is 90.3 Å². The molecule has 3 aromatic heterocycles. The molecule has 0 atom stereocenters. The highest BCUT2D eigenvalue weighted by Gasteiger charge is 2.34. The van der Waals surface area contributed by atoms with Gasteiger partial charge < -0.3 is 0 Å². The van der Waals surface area contributed by atoms with E-state index in [2.05, 4.69) is 24.9 Å². The fraction of sp³-hybridized carbons (Fsp3) is 0.0417. The molecule has 0 bridgehead atoms. The summed E-state index contributed by atoms with van der Waals surface area (Å²) in [6.07, 6.45) is 2.99. The molecule has 4 aromatic rings. The molecular weight excluding hydrogens is 409 g/mol. The molecule has 0 radical (unpaired) electrons. The van der Waals surface area contributed by atoms with Gasteiger partial charge in [0.1, 0.15) is 28.6 Å². The topological polar surface area (TPSA) is 98.1 Å².